The second-order valence-corrected chi connectivity index (χ2v) is 7.83. The summed E-state index contributed by atoms with van der Waals surface area (Å²) in [5, 5.41) is 11.2. The maximum Gasteiger partial charge on any atom is 0.208 e. The molecule has 1 atom stereocenters. The van der Waals surface area contributed by atoms with Crippen LogP contribution in [0.3, 0.4) is 0 Å². The molecular weight excluding hydrogens is 294 g/mol. The van der Waals surface area contributed by atoms with Crippen LogP contribution >= 0.6 is 11.3 Å². The summed E-state index contributed by atoms with van der Waals surface area (Å²) in [5.41, 5.74) is 2.84. The van der Waals surface area contributed by atoms with Gasteiger partial charge < -0.3 is 9.47 Å². The average molecular weight is 315 g/mol. The van der Waals surface area contributed by atoms with Crippen LogP contribution in [0.2, 0.25) is 0 Å². The highest BCUT2D eigenvalue weighted by molar-refractivity contribution is 7.15. The van der Waals surface area contributed by atoms with Gasteiger partial charge in [0.1, 0.15) is 5.01 Å². The Hall–Kier alpha value is -1.43. The zero-order valence-electron chi connectivity index (χ0n) is 12.7. The maximum absolute atomic E-state index is 4.65. The number of aryl methyl sites for hydroxylation is 1. The molecular formula is C16H21N5S. The van der Waals surface area contributed by atoms with E-state index in [2.05, 4.69) is 31.0 Å². The van der Waals surface area contributed by atoms with Crippen LogP contribution in [0.15, 0.2) is 6.33 Å². The molecule has 6 heteroatoms. The van der Waals surface area contributed by atoms with Gasteiger partial charge in [0.05, 0.1) is 18.1 Å². The number of anilines is 1. The van der Waals surface area contributed by atoms with Gasteiger partial charge in [0.15, 0.2) is 0 Å². The summed E-state index contributed by atoms with van der Waals surface area (Å²) < 4.78 is 2.46. The van der Waals surface area contributed by atoms with Crippen LogP contribution in [0.5, 0.6) is 0 Å². The molecule has 1 saturated heterocycles. The number of hydrogen-bond donors (Lipinski definition) is 0. The van der Waals surface area contributed by atoms with Crippen molar-refractivity contribution in [2.75, 3.05) is 18.0 Å². The molecule has 5 nitrogen and oxygen atoms in total. The third kappa shape index (κ3) is 2.16. The minimum Gasteiger partial charge on any atom is -0.344 e. The average Bonchev–Trinajstić information content (AvgIpc) is 2.98. The second kappa shape index (κ2) is 5.05. The van der Waals surface area contributed by atoms with Crippen molar-refractivity contribution in [1.82, 2.24) is 19.7 Å². The van der Waals surface area contributed by atoms with Crippen molar-refractivity contribution in [1.29, 1.82) is 0 Å². The largest absolute Gasteiger partial charge is 0.344 e. The van der Waals surface area contributed by atoms with Gasteiger partial charge >= 0.3 is 0 Å². The first-order chi connectivity index (χ1) is 10.9. The quantitative estimate of drug-likeness (QED) is 0.874. The molecule has 0 N–H and O–H groups in total. The fraction of sp³-hybridized carbons (Fsp3) is 0.688. The number of hydrogen-bond acceptors (Lipinski definition) is 5. The molecule has 1 aliphatic heterocycles. The third-order valence-corrected chi connectivity index (χ3v) is 6.39. The summed E-state index contributed by atoms with van der Waals surface area (Å²) in [5.74, 6) is 0.713. The summed E-state index contributed by atoms with van der Waals surface area (Å²) in [4.78, 5) is 7.07. The summed E-state index contributed by atoms with van der Waals surface area (Å²) in [7, 11) is 0. The maximum atomic E-state index is 4.65. The first kappa shape index (κ1) is 13.0. The van der Waals surface area contributed by atoms with Crippen LogP contribution in [-0.2, 0) is 12.8 Å². The summed E-state index contributed by atoms with van der Waals surface area (Å²) >= 11 is 1.81. The molecule has 0 bridgehead atoms. The van der Waals surface area contributed by atoms with Crippen LogP contribution in [0.4, 0.5) is 5.13 Å². The van der Waals surface area contributed by atoms with E-state index in [1.807, 2.05) is 11.3 Å². The highest BCUT2D eigenvalue weighted by atomic mass is 32.1. The number of fused-ring (bicyclic) bond motifs is 1. The molecule has 116 valence electrons. The van der Waals surface area contributed by atoms with E-state index in [0.29, 0.717) is 12.0 Å². The Balaban J connectivity index is 1.34. The van der Waals surface area contributed by atoms with Crippen molar-refractivity contribution in [3.05, 3.63) is 22.7 Å². The molecule has 2 aromatic heterocycles. The molecule has 2 aliphatic carbocycles. The fourth-order valence-corrected chi connectivity index (χ4v) is 4.85. The molecule has 0 amide bonds. The number of rotatable bonds is 3. The van der Waals surface area contributed by atoms with Gasteiger partial charge in [0.25, 0.3) is 0 Å². The summed E-state index contributed by atoms with van der Waals surface area (Å²) in [6.45, 7) is 2.15. The monoisotopic (exact) mass is 315 g/mol. The van der Waals surface area contributed by atoms with Gasteiger partial charge in [-0.2, -0.15) is 0 Å². The molecule has 0 radical (unpaired) electrons. The first-order valence-corrected chi connectivity index (χ1v) is 9.33. The van der Waals surface area contributed by atoms with E-state index in [0.717, 1.165) is 18.2 Å². The SMILES string of the molecule is c1nc2c(n1[C@H]1CCN(c3nnc(C4CC4)s3)C1)CCCC2. The molecule has 5 rings (SSSR count). The zero-order valence-corrected chi connectivity index (χ0v) is 13.6. The van der Waals surface area contributed by atoms with Crippen molar-refractivity contribution in [2.45, 2.75) is 56.9 Å². The molecule has 2 fully saturated rings. The zero-order chi connectivity index (χ0) is 14.5. The predicted molar refractivity (Wildman–Crippen MR) is 86.6 cm³/mol. The second-order valence-electron chi connectivity index (χ2n) is 6.84. The molecule has 3 heterocycles. The lowest BCUT2D eigenvalue weighted by molar-refractivity contribution is 0.515. The van der Waals surface area contributed by atoms with Crippen LogP contribution in [0.25, 0.3) is 0 Å². The van der Waals surface area contributed by atoms with Gasteiger partial charge in [-0.3, -0.25) is 0 Å². The molecule has 3 aliphatic rings. The Morgan fingerprint density at radius 3 is 2.91 bits per heavy atom. The van der Waals surface area contributed by atoms with Crippen molar-refractivity contribution < 1.29 is 0 Å². The Morgan fingerprint density at radius 1 is 1.09 bits per heavy atom. The minimum absolute atomic E-state index is 0.558. The smallest absolute Gasteiger partial charge is 0.208 e. The fourth-order valence-electron chi connectivity index (χ4n) is 3.80. The summed E-state index contributed by atoms with van der Waals surface area (Å²) in [6, 6.07) is 0.558. The number of nitrogens with zero attached hydrogens (tertiary/aromatic N) is 5. The van der Waals surface area contributed by atoms with Gasteiger partial charge in [-0.15, -0.1) is 10.2 Å². The van der Waals surface area contributed by atoms with E-state index in [9.17, 15) is 0 Å². The lowest BCUT2D eigenvalue weighted by atomic mass is 10.0. The van der Waals surface area contributed by atoms with Crippen LogP contribution in [0.1, 0.15) is 60.5 Å². The molecule has 0 unspecified atom stereocenters. The van der Waals surface area contributed by atoms with Gasteiger partial charge in [0, 0.05) is 24.7 Å². The normalized spacial score (nSPS) is 24.7. The molecule has 2 aromatic rings. The van der Waals surface area contributed by atoms with Gasteiger partial charge in [-0.25, -0.2) is 4.98 Å². The Bertz CT molecular complexity index is 687. The van der Waals surface area contributed by atoms with Crippen LogP contribution < -0.4 is 4.90 Å². The van der Waals surface area contributed by atoms with Crippen molar-refractivity contribution in [2.24, 2.45) is 0 Å². The Morgan fingerprint density at radius 2 is 2.00 bits per heavy atom. The van der Waals surface area contributed by atoms with E-state index >= 15 is 0 Å². The van der Waals surface area contributed by atoms with Crippen molar-refractivity contribution in [3.63, 3.8) is 0 Å². The van der Waals surface area contributed by atoms with E-state index in [-0.39, 0.29) is 0 Å². The number of aromatic nitrogens is 4. The van der Waals surface area contributed by atoms with E-state index in [4.69, 9.17) is 0 Å². The standard InChI is InChI=1S/C16H21N5S/c1-2-4-14-13(3-1)17-10-21(14)12-7-8-20(9-12)16-19-18-15(22-16)11-5-6-11/h10-12H,1-9H2/t12-/m0/s1. The lowest BCUT2D eigenvalue weighted by Crippen LogP contribution is -2.21. The lowest BCUT2D eigenvalue weighted by Gasteiger charge is -2.19. The minimum atomic E-state index is 0.558. The third-order valence-electron chi connectivity index (χ3n) is 5.24. The molecule has 0 aromatic carbocycles. The predicted octanol–water partition coefficient (Wildman–Crippen LogP) is 2.94. The Labute approximate surface area is 134 Å². The highest BCUT2D eigenvalue weighted by Crippen LogP contribution is 2.43. The van der Waals surface area contributed by atoms with E-state index in [1.165, 1.54) is 61.3 Å². The van der Waals surface area contributed by atoms with Crippen LogP contribution in [0, 0.1) is 0 Å². The van der Waals surface area contributed by atoms with E-state index < -0.39 is 0 Å². The van der Waals surface area contributed by atoms with Crippen molar-refractivity contribution >= 4 is 16.5 Å². The highest BCUT2D eigenvalue weighted by Gasteiger charge is 2.31. The van der Waals surface area contributed by atoms with Gasteiger partial charge in [0.2, 0.25) is 5.13 Å². The molecule has 0 spiro atoms. The number of imidazole rings is 1. The Kier molecular flexibility index (Phi) is 2.99. The van der Waals surface area contributed by atoms with E-state index in [1.54, 1.807) is 0 Å². The molecule has 22 heavy (non-hydrogen) atoms. The van der Waals surface area contributed by atoms with Crippen molar-refractivity contribution in [3.8, 4) is 0 Å². The topological polar surface area (TPSA) is 46.8 Å². The molecule has 1 saturated carbocycles. The summed E-state index contributed by atoms with van der Waals surface area (Å²) in [6.07, 6.45) is 10.9. The first-order valence-electron chi connectivity index (χ1n) is 8.51. The van der Waals surface area contributed by atoms with Gasteiger partial charge in [-0.05, 0) is 44.9 Å². The van der Waals surface area contributed by atoms with Gasteiger partial charge in [-0.1, -0.05) is 11.3 Å². The van der Waals surface area contributed by atoms with Crippen LogP contribution in [-0.4, -0.2) is 32.8 Å².